The van der Waals surface area contributed by atoms with Gasteiger partial charge in [-0.05, 0) is 43.5 Å². The second-order valence-corrected chi connectivity index (χ2v) is 8.13. The van der Waals surface area contributed by atoms with Crippen molar-refractivity contribution >= 4 is 21.1 Å². The summed E-state index contributed by atoms with van der Waals surface area (Å²) in [5.74, 6) is 0.416. The molecule has 0 saturated heterocycles. The number of fused-ring (bicyclic) bond motifs is 1. The van der Waals surface area contributed by atoms with Crippen LogP contribution in [0.1, 0.15) is 17.8 Å². The molecule has 0 unspecified atom stereocenters. The van der Waals surface area contributed by atoms with E-state index in [1.165, 1.54) is 6.07 Å². The summed E-state index contributed by atoms with van der Waals surface area (Å²) >= 11 is 0. The molecule has 0 radical (unpaired) electrons. The second kappa shape index (κ2) is 7.97. The highest BCUT2D eigenvalue weighted by atomic mass is 32.2. The summed E-state index contributed by atoms with van der Waals surface area (Å²) < 4.78 is 42.5. The lowest BCUT2D eigenvalue weighted by Crippen LogP contribution is -2.29. The van der Waals surface area contributed by atoms with Crippen molar-refractivity contribution in [3.05, 3.63) is 65.7 Å². The van der Waals surface area contributed by atoms with Gasteiger partial charge in [0.15, 0.2) is 0 Å². The molecule has 0 saturated carbocycles. The molecular weight excluding hydrogens is 353 g/mol. The fourth-order valence-corrected chi connectivity index (χ4v) is 4.05. The van der Waals surface area contributed by atoms with Crippen LogP contribution in [0.3, 0.4) is 0 Å². The second-order valence-electron chi connectivity index (χ2n) is 6.21. The molecule has 3 rings (SSSR count). The van der Waals surface area contributed by atoms with Gasteiger partial charge in [0, 0.05) is 13.1 Å². The van der Waals surface area contributed by atoms with E-state index in [-0.39, 0.29) is 18.0 Å². The van der Waals surface area contributed by atoms with Gasteiger partial charge in [-0.15, -0.1) is 0 Å². The van der Waals surface area contributed by atoms with Crippen molar-refractivity contribution in [2.45, 2.75) is 26.3 Å². The van der Waals surface area contributed by atoms with E-state index in [1.807, 2.05) is 31.2 Å². The fraction of sp³-hybridized carbons (Fsp3) is 0.316. The Morgan fingerprint density at radius 3 is 2.65 bits per heavy atom. The van der Waals surface area contributed by atoms with Crippen molar-refractivity contribution in [2.24, 2.45) is 0 Å². The summed E-state index contributed by atoms with van der Waals surface area (Å²) in [4.78, 5) is 4.50. The number of aromatic nitrogens is 2. The summed E-state index contributed by atoms with van der Waals surface area (Å²) in [7, 11) is -3.43. The van der Waals surface area contributed by atoms with Crippen LogP contribution in [0.15, 0.2) is 48.5 Å². The molecule has 5 nitrogen and oxygen atoms in total. The van der Waals surface area contributed by atoms with Gasteiger partial charge < -0.3 is 4.57 Å². The van der Waals surface area contributed by atoms with E-state index in [9.17, 15) is 12.8 Å². The van der Waals surface area contributed by atoms with Crippen LogP contribution in [0.2, 0.25) is 0 Å². The number of para-hydroxylation sites is 2. The van der Waals surface area contributed by atoms with Gasteiger partial charge in [0.1, 0.15) is 11.6 Å². The van der Waals surface area contributed by atoms with Gasteiger partial charge in [-0.1, -0.05) is 30.3 Å². The maximum atomic E-state index is 13.6. The maximum absolute atomic E-state index is 13.6. The van der Waals surface area contributed by atoms with Gasteiger partial charge in [0.25, 0.3) is 0 Å². The highest BCUT2D eigenvalue weighted by molar-refractivity contribution is 7.89. The normalized spacial score (nSPS) is 11.9. The first-order valence-corrected chi connectivity index (χ1v) is 10.2. The zero-order valence-corrected chi connectivity index (χ0v) is 15.5. The van der Waals surface area contributed by atoms with E-state index in [1.54, 1.807) is 18.2 Å². The van der Waals surface area contributed by atoms with Crippen molar-refractivity contribution in [3.63, 3.8) is 0 Å². The number of nitrogens with zero attached hydrogens (tertiary/aromatic N) is 2. The molecule has 0 aliphatic rings. The molecule has 2 aromatic carbocycles. The largest absolute Gasteiger partial charge is 0.328 e. The average molecular weight is 375 g/mol. The van der Waals surface area contributed by atoms with E-state index >= 15 is 0 Å². The summed E-state index contributed by atoms with van der Waals surface area (Å²) in [6.45, 7) is 2.96. The van der Waals surface area contributed by atoms with Crippen LogP contribution in [0.25, 0.3) is 11.0 Å². The molecule has 0 bridgehead atoms. The topological polar surface area (TPSA) is 64.0 Å². The zero-order valence-electron chi connectivity index (χ0n) is 14.7. The summed E-state index contributed by atoms with van der Waals surface area (Å²) in [5, 5.41) is 0. The molecule has 0 spiro atoms. The van der Waals surface area contributed by atoms with E-state index in [0.717, 1.165) is 16.9 Å². The van der Waals surface area contributed by atoms with Gasteiger partial charge in [0.2, 0.25) is 10.0 Å². The minimum atomic E-state index is -3.43. The molecule has 7 heteroatoms. The van der Waals surface area contributed by atoms with Crippen LogP contribution in [0.4, 0.5) is 4.39 Å². The minimum absolute atomic E-state index is 0.124. The average Bonchev–Trinajstić information content (AvgIpc) is 2.93. The molecule has 0 fully saturated rings. The fourth-order valence-electron chi connectivity index (χ4n) is 2.96. The van der Waals surface area contributed by atoms with Gasteiger partial charge in [-0.25, -0.2) is 22.5 Å². The van der Waals surface area contributed by atoms with Gasteiger partial charge in [-0.3, -0.25) is 0 Å². The van der Waals surface area contributed by atoms with Crippen LogP contribution in [0.5, 0.6) is 0 Å². The van der Waals surface area contributed by atoms with Crippen LogP contribution in [-0.2, 0) is 23.0 Å². The number of halogens is 1. The Morgan fingerprint density at radius 2 is 1.85 bits per heavy atom. The van der Waals surface area contributed by atoms with Crippen molar-refractivity contribution in [1.82, 2.24) is 14.3 Å². The first-order chi connectivity index (χ1) is 12.5. The number of aryl methyl sites for hydroxylation is 3. The Morgan fingerprint density at radius 1 is 1.12 bits per heavy atom. The molecule has 0 amide bonds. The minimum Gasteiger partial charge on any atom is -0.328 e. The third-order valence-corrected chi connectivity index (χ3v) is 5.71. The zero-order chi connectivity index (χ0) is 18.6. The van der Waals surface area contributed by atoms with Crippen LogP contribution in [-0.4, -0.2) is 30.3 Å². The maximum Gasteiger partial charge on any atom is 0.211 e. The molecule has 0 atom stereocenters. The molecule has 1 heterocycles. The number of sulfonamides is 1. The van der Waals surface area contributed by atoms with E-state index < -0.39 is 10.0 Å². The Bertz CT molecular complexity index is 999. The quantitative estimate of drug-likeness (QED) is 0.616. The smallest absolute Gasteiger partial charge is 0.211 e. The van der Waals surface area contributed by atoms with Crippen LogP contribution >= 0.6 is 0 Å². The predicted octanol–water partition coefficient (Wildman–Crippen LogP) is 3.04. The predicted molar refractivity (Wildman–Crippen MR) is 101 cm³/mol. The lowest BCUT2D eigenvalue weighted by atomic mass is 10.2. The van der Waals surface area contributed by atoms with Crippen molar-refractivity contribution in [1.29, 1.82) is 0 Å². The Labute approximate surface area is 152 Å². The molecule has 0 aliphatic heterocycles. The third kappa shape index (κ3) is 4.47. The van der Waals surface area contributed by atoms with Crippen molar-refractivity contribution in [3.8, 4) is 0 Å². The van der Waals surface area contributed by atoms with E-state index in [0.29, 0.717) is 25.1 Å². The monoisotopic (exact) mass is 375 g/mol. The van der Waals surface area contributed by atoms with E-state index in [4.69, 9.17) is 0 Å². The first-order valence-electron chi connectivity index (χ1n) is 8.59. The summed E-state index contributed by atoms with van der Waals surface area (Å²) in [6, 6.07) is 14.1. The number of hydrogen-bond donors (Lipinski definition) is 1. The highest BCUT2D eigenvalue weighted by Gasteiger charge is 2.12. The lowest BCUT2D eigenvalue weighted by Gasteiger charge is -2.09. The molecule has 1 aromatic heterocycles. The summed E-state index contributed by atoms with van der Waals surface area (Å²) in [5.41, 5.74) is 2.40. The number of benzene rings is 2. The standard InChI is InChI=1S/C19H22FN3O2S/c1-15-22-18-9-4-5-10-19(18)23(15)13-6-12-21-26(24,25)14-11-16-7-2-3-8-17(16)20/h2-5,7-10,21H,6,11-14H2,1H3. The third-order valence-electron chi connectivity index (χ3n) is 4.32. The molecule has 0 aliphatic carbocycles. The molecule has 138 valence electrons. The molecule has 1 N–H and O–H groups in total. The summed E-state index contributed by atoms with van der Waals surface area (Å²) in [6.07, 6.45) is 0.813. The van der Waals surface area contributed by atoms with E-state index in [2.05, 4.69) is 14.3 Å². The van der Waals surface area contributed by atoms with Crippen LogP contribution < -0.4 is 4.72 Å². The van der Waals surface area contributed by atoms with Crippen molar-refractivity contribution in [2.75, 3.05) is 12.3 Å². The molecular formula is C19H22FN3O2S. The van der Waals surface area contributed by atoms with Gasteiger partial charge in [-0.2, -0.15) is 0 Å². The van der Waals surface area contributed by atoms with Crippen molar-refractivity contribution < 1.29 is 12.8 Å². The number of hydrogen-bond acceptors (Lipinski definition) is 3. The van der Waals surface area contributed by atoms with Gasteiger partial charge in [0.05, 0.1) is 16.8 Å². The Balaban J connectivity index is 1.51. The Kier molecular flexibility index (Phi) is 5.68. The highest BCUT2D eigenvalue weighted by Crippen LogP contribution is 2.15. The number of imidazole rings is 1. The number of rotatable bonds is 8. The number of nitrogens with one attached hydrogen (secondary N) is 1. The molecule has 3 aromatic rings. The Hall–Kier alpha value is -2.25. The SMILES string of the molecule is Cc1nc2ccccc2n1CCCNS(=O)(=O)CCc1ccccc1F. The van der Waals surface area contributed by atoms with Gasteiger partial charge >= 0.3 is 0 Å². The first kappa shape index (κ1) is 18.5. The van der Waals surface area contributed by atoms with Crippen LogP contribution in [0, 0.1) is 12.7 Å². The molecule has 26 heavy (non-hydrogen) atoms. The lowest BCUT2D eigenvalue weighted by molar-refractivity contribution is 0.568.